The van der Waals surface area contributed by atoms with E-state index in [1.54, 1.807) is 18.3 Å². The average Bonchev–Trinajstić information content (AvgIpc) is 3.27. The number of benzene rings is 1. The summed E-state index contributed by atoms with van der Waals surface area (Å²) < 4.78 is 13.4. The van der Waals surface area contributed by atoms with E-state index < -0.39 is 0 Å². The first-order chi connectivity index (χ1) is 17.0. The lowest BCUT2D eigenvalue weighted by Crippen LogP contribution is -2.09. The van der Waals surface area contributed by atoms with Crippen molar-refractivity contribution in [3.05, 3.63) is 84.5 Å². The molecular formula is C27H26FN7. The Bertz CT molecular complexity index is 1480. The van der Waals surface area contributed by atoms with Crippen LogP contribution < -0.4 is 10.6 Å². The zero-order valence-electron chi connectivity index (χ0n) is 19.8. The molecular weight excluding hydrogens is 441 g/mol. The van der Waals surface area contributed by atoms with Gasteiger partial charge in [-0.15, -0.1) is 0 Å². The number of nitrogens with zero attached hydrogens (tertiary/aromatic N) is 4. The van der Waals surface area contributed by atoms with Crippen molar-refractivity contribution in [1.29, 1.82) is 0 Å². The normalized spacial score (nSPS) is 11.2. The third kappa shape index (κ3) is 4.82. The van der Waals surface area contributed by atoms with Crippen molar-refractivity contribution < 1.29 is 4.39 Å². The van der Waals surface area contributed by atoms with Crippen LogP contribution in [0.1, 0.15) is 25.2 Å². The summed E-state index contributed by atoms with van der Waals surface area (Å²) in [5, 5.41) is 6.57. The number of aromatic amines is 1. The first kappa shape index (κ1) is 22.5. The van der Waals surface area contributed by atoms with Crippen molar-refractivity contribution in [2.24, 2.45) is 0 Å². The van der Waals surface area contributed by atoms with Crippen LogP contribution in [0.4, 0.5) is 15.9 Å². The lowest BCUT2D eigenvalue weighted by atomic mass is 10.0. The molecule has 5 rings (SSSR count). The van der Waals surface area contributed by atoms with Crippen molar-refractivity contribution in [2.45, 2.75) is 26.3 Å². The standard InChI is InChI=1S/C27H26FN7/c1-16(2)33-22-11-20(13-30-15-22)19-10-18(27(29-3)32-14-19)12-24-34-23-8-9-31-25(26(23)35-24)17-4-6-21(28)7-5-17/h4-11,13-16,33H,12H2,1-3H3,(H,29,32)(H,34,35). The van der Waals surface area contributed by atoms with Gasteiger partial charge in [0.2, 0.25) is 0 Å². The Labute approximate surface area is 202 Å². The quantitative estimate of drug-likeness (QED) is 0.286. The molecule has 5 aromatic rings. The van der Waals surface area contributed by atoms with Crippen LogP contribution >= 0.6 is 0 Å². The summed E-state index contributed by atoms with van der Waals surface area (Å²) in [5.41, 5.74) is 7.09. The van der Waals surface area contributed by atoms with Gasteiger partial charge in [0.05, 0.1) is 16.9 Å². The lowest BCUT2D eigenvalue weighted by molar-refractivity contribution is 0.628. The number of rotatable bonds is 7. The number of aromatic nitrogens is 5. The number of H-pyrrole nitrogens is 1. The second-order valence-electron chi connectivity index (χ2n) is 8.67. The van der Waals surface area contributed by atoms with E-state index in [0.29, 0.717) is 18.2 Å². The van der Waals surface area contributed by atoms with E-state index in [-0.39, 0.29) is 5.82 Å². The van der Waals surface area contributed by atoms with Gasteiger partial charge in [-0.3, -0.25) is 9.97 Å². The summed E-state index contributed by atoms with van der Waals surface area (Å²) >= 11 is 0. The molecule has 0 bridgehead atoms. The molecule has 0 spiro atoms. The molecule has 3 N–H and O–H groups in total. The fourth-order valence-corrected chi connectivity index (χ4v) is 4.11. The van der Waals surface area contributed by atoms with E-state index in [9.17, 15) is 4.39 Å². The Hall–Kier alpha value is -4.33. The molecule has 4 heterocycles. The number of hydrogen-bond acceptors (Lipinski definition) is 6. The average molecular weight is 468 g/mol. The van der Waals surface area contributed by atoms with Crippen molar-refractivity contribution in [2.75, 3.05) is 17.7 Å². The number of imidazole rings is 1. The second-order valence-corrected chi connectivity index (χ2v) is 8.67. The van der Waals surface area contributed by atoms with Crippen LogP contribution in [-0.4, -0.2) is 38.0 Å². The molecule has 0 aliphatic rings. The van der Waals surface area contributed by atoms with Gasteiger partial charge in [0.15, 0.2) is 0 Å². The van der Waals surface area contributed by atoms with Gasteiger partial charge >= 0.3 is 0 Å². The van der Waals surface area contributed by atoms with Crippen molar-refractivity contribution in [1.82, 2.24) is 24.9 Å². The SMILES string of the molecule is CNc1ncc(-c2cncc(NC(C)C)c2)cc1Cc1nc2c(-c3ccc(F)cc3)nccc2[nH]1. The maximum absolute atomic E-state index is 13.4. The molecule has 0 fully saturated rings. The summed E-state index contributed by atoms with van der Waals surface area (Å²) in [6.45, 7) is 4.19. The van der Waals surface area contributed by atoms with Crippen LogP contribution in [0.3, 0.4) is 0 Å². The lowest BCUT2D eigenvalue weighted by Gasteiger charge is -2.12. The molecule has 0 atom stereocenters. The van der Waals surface area contributed by atoms with Crippen LogP contribution in [0.2, 0.25) is 0 Å². The molecule has 8 heteroatoms. The molecule has 0 amide bonds. The minimum Gasteiger partial charge on any atom is -0.382 e. The van der Waals surface area contributed by atoms with E-state index >= 15 is 0 Å². The monoisotopic (exact) mass is 467 g/mol. The summed E-state index contributed by atoms with van der Waals surface area (Å²) in [6, 6.07) is 12.7. The maximum atomic E-state index is 13.4. The van der Waals surface area contributed by atoms with Crippen LogP contribution in [-0.2, 0) is 6.42 Å². The van der Waals surface area contributed by atoms with Crippen LogP contribution in [0, 0.1) is 5.82 Å². The second kappa shape index (κ2) is 9.50. The van der Waals surface area contributed by atoms with E-state index in [0.717, 1.165) is 50.6 Å². The molecule has 35 heavy (non-hydrogen) atoms. The minimum absolute atomic E-state index is 0.281. The highest BCUT2D eigenvalue weighted by atomic mass is 19.1. The topological polar surface area (TPSA) is 91.4 Å². The Kier molecular flexibility index (Phi) is 6.10. The first-order valence-corrected chi connectivity index (χ1v) is 11.5. The number of anilines is 2. The molecule has 0 saturated heterocycles. The number of halogens is 1. The Morgan fingerprint density at radius 1 is 0.943 bits per heavy atom. The van der Waals surface area contributed by atoms with Crippen LogP contribution in [0.25, 0.3) is 33.4 Å². The molecule has 0 aliphatic heterocycles. The first-order valence-electron chi connectivity index (χ1n) is 11.5. The van der Waals surface area contributed by atoms with Crippen LogP contribution in [0.5, 0.6) is 0 Å². The Balaban J connectivity index is 1.50. The maximum Gasteiger partial charge on any atom is 0.129 e. The summed E-state index contributed by atoms with van der Waals surface area (Å²) in [7, 11) is 1.86. The van der Waals surface area contributed by atoms with E-state index in [4.69, 9.17) is 4.98 Å². The number of fused-ring (bicyclic) bond motifs is 1. The summed E-state index contributed by atoms with van der Waals surface area (Å²) in [5.74, 6) is 1.30. The fraction of sp³-hybridized carbons (Fsp3) is 0.185. The molecule has 0 saturated carbocycles. The van der Waals surface area contributed by atoms with Gasteiger partial charge in [0.25, 0.3) is 0 Å². The summed E-state index contributed by atoms with van der Waals surface area (Å²) in [4.78, 5) is 21.8. The summed E-state index contributed by atoms with van der Waals surface area (Å²) in [6.07, 6.45) is 7.79. The van der Waals surface area contributed by atoms with Crippen molar-refractivity contribution in [3.8, 4) is 22.4 Å². The predicted molar refractivity (Wildman–Crippen MR) is 138 cm³/mol. The zero-order chi connectivity index (χ0) is 24.4. The van der Waals surface area contributed by atoms with Crippen molar-refractivity contribution in [3.63, 3.8) is 0 Å². The molecule has 4 aromatic heterocycles. The predicted octanol–water partition coefficient (Wildman–Crippen LogP) is 5.67. The van der Waals surface area contributed by atoms with Gasteiger partial charge in [-0.05, 0) is 56.3 Å². The van der Waals surface area contributed by atoms with Crippen LogP contribution in [0.15, 0.2) is 67.3 Å². The van der Waals surface area contributed by atoms with Gasteiger partial charge in [-0.25, -0.2) is 14.4 Å². The smallest absolute Gasteiger partial charge is 0.129 e. The van der Waals surface area contributed by atoms with E-state index in [2.05, 4.69) is 56.5 Å². The van der Waals surface area contributed by atoms with E-state index in [1.807, 2.05) is 31.7 Å². The zero-order valence-corrected chi connectivity index (χ0v) is 19.8. The van der Waals surface area contributed by atoms with Gasteiger partial charge < -0.3 is 15.6 Å². The van der Waals surface area contributed by atoms with Gasteiger partial charge in [0.1, 0.15) is 23.0 Å². The highest BCUT2D eigenvalue weighted by molar-refractivity contribution is 5.89. The van der Waals surface area contributed by atoms with Crippen molar-refractivity contribution >= 4 is 22.5 Å². The molecule has 1 aromatic carbocycles. The highest BCUT2D eigenvalue weighted by Gasteiger charge is 2.14. The molecule has 7 nitrogen and oxygen atoms in total. The molecule has 176 valence electrons. The van der Waals surface area contributed by atoms with Gasteiger partial charge in [-0.2, -0.15) is 0 Å². The Morgan fingerprint density at radius 2 is 1.74 bits per heavy atom. The largest absolute Gasteiger partial charge is 0.382 e. The third-order valence-corrected chi connectivity index (χ3v) is 5.66. The van der Waals surface area contributed by atoms with E-state index in [1.165, 1.54) is 12.1 Å². The molecule has 0 aliphatic carbocycles. The fourth-order valence-electron chi connectivity index (χ4n) is 4.11. The third-order valence-electron chi connectivity index (χ3n) is 5.66. The van der Waals surface area contributed by atoms with Gasteiger partial charge in [0, 0.05) is 66.6 Å². The number of hydrogen-bond donors (Lipinski definition) is 3. The highest BCUT2D eigenvalue weighted by Crippen LogP contribution is 2.28. The minimum atomic E-state index is -0.281. The Morgan fingerprint density at radius 3 is 2.51 bits per heavy atom. The molecule has 0 radical (unpaired) electrons. The molecule has 0 unspecified atom stereocenters. The number of pyridine rings is 3. The number of nitrogens with one attached hydrogen (secondary N) is 3. The van der Waals surface area contributed by atoms with Gasteiger partial charge in [-0.1, -0.05) is 0 Å².